The van der Waals surface area contributed by atoms with Crippen LogP contribution in [0.3, 0.4) is 0 Å². The highest BCUT2D eigenvalue weighted by molar-refractivity contribution is 7.13. The standard InChI is InChI=1S/C22H24N4O2S/c1-3-15(2)25-21(28)17-7-4-6-16(10-17)12-24-20(27)11-19-14-29-22(26-19)18-8-5-9-23-13-18/h4-10,13-15H,3,11-12H2,1-2H3,(H,24,27)(H,25,28). The Labute approximate surface area is 174 Å². The number of carbonyl (C=O) groups excluding carboxylic acids is 2. The molecule has 0 fully saturated rings. The van der Waals surface area contributed by atoms with Crippen molar-refractivity contribution in [3.63, 3.8) is 0 Å². The number of carbonyl (C=O) groups is 2. The van der Waals surface area contributed by atoms with Gasteiger partial charge in [0, 0.05) is 41.5 Å². The summed E-state index contributed by atoms with van der Waals surface area (Å²) < 4.78 is 0. The number of hydrogen-bond acceptors (Lipinski definition) is 5. The number of nitrogens with one attached hydrogen (secondary N) is 2. The molecule has 1 atom stereocenters. The molecule has 29 heavy (non-hydrogen) atoms. The molecule has 1 aromatic carbocycles. The van der Waals surface area contributed by atoms with Crippen LogP contribution in [0.1, 0.15) is 41.9 Å². The number of nitrogens with zero attached hydrogens (tertiary/aromatic N) is 2. The van der Waals surface area contributed by atoms with E-state index in [1.54, 1.807) is 24.5 Å². The first-order valence-corrected chi connectivity index (χ1v) is 10.4. The molecule has 2 amide bonds. The summed E-state index contributed by atoms with van der Waals surface area (Å²) in [4.78, 5) is 33.2. The van der Waals surface area contributed by atoms with Crippen molar-refractivity contribution in [1.29, 1.82) is 0 Å². The minimum absolute atomic E-state index is 0.0991. The first-order valence-electron chi connectivity index (χ1n) is 9.56. The van der Waals surface area contributed by atoms with Gasteiger partial charge in [0.2, 0.25) is 5.91 Å². The molecule has 0 radical (unpaired) electrons. The number of thiazole rings is 1. The molecule has 7 heteroatoms. The quantitative estimate of drug-likeness (QED) is 0.597. The molecule has 2 heterocycles. The van der Waals surface area contributed by atoms with Crippen molar-refractivity contribution in [3.8, 4) is 10.6 Å². The van der Waals surface area contributed by atoms with E-state index in [4.69, 9.17) is 0 Å². The van der Waals surface area contributed by atoms with E-state index in [1.165, 1.54) is 11.3 Å². The Bertz CT molecular complexity index is 972. The molecule has 150 valence electrons. The van der Waals surface area contributed by atoms with Gasteiger partial charge in [0.25, 0.3) is 5.91 Å². The van der Waals surface area contributed by atoms with Crippen molar-refractivity contribution >= 4 is 23.2 Å². The summed E-state index contributed by atoms with van der Waals surface area (Å²) in [5.41, 5.74) is 3.15. The highest BCUT2D eigenvalue weighted by Gasteiger charge is 2.11. The average Bonchev–Trinajstić information content (AvgIpc) is 3.21. The van der Waals surface area contributed by atoms with Gasteiger partial charge in [-0.25, -0.2) is 4.98 Å². The van der Waals surface area contributed by atoms with Crippen LogP contribution >= 0.6 is 11.3 Å². The molecule has 2 aromatic heterocycles. The predicted octanol–water partition coefficient (Wildman–Crippen LogP) is 3.59. The highest BCUT2D eigenvalue weighted by Crippen LogP contribution is 2.22. The van der Waals surface area contributed by atoms with Crippen LogP contribution in [0, 0.1) is 0 Å². The van der Waals surface area contributed by atoms with E-state index in [1.807, 2.05) is 43.5 Å². The lowest BCUT2D eigenvalue weighted by Crippen LogP contribution is -2.32. The Balaban J connectivity index is 1.54. The fourth-order valence-corrected chi connectivity index (χ4v) is 3.48. The minimum Gasteiger partial charge on any atom is -0.352 e. The molecule has 0 aliphatic heterocycles. The SMILES string of the molecule is CCC(C)NC(=O)c1cccc(CNC(=O)Cc2csc(-c3cccnc3)n2)c1. The third-order valence-electron chi connectivity index (χ3n) is 4.47. The van der Waals surface area contributed by atoms with Crippen LogP contribution in [0.4, 0.5) is 0 Å². The largest absolute Gasteiger partial charge is 0.352 e. The van der Waals surface area contributed by atoms with Crippen LogP contribution in [0.15, 0.2) is 54.2 Å². The molecule has 0 saturated heterocycles. The second-order valence-electron chi connectivity index (χ2n) is 6.82. The molecule has 2 N–H and O–H groups in total. The van der Waals surface area contributed by atoms with Crippen molar-refractivity contribution in [3.05, 3.63) is 71.0 Å². The summed E-state index contributed by atoms with van der Waals surface area (Å²) in [5, 5.41) is 8.58. The third kappa shape index (κ3) is 5.96. The molecular weight excluding hydrogens is 384 g/mol. The number of amides is 2. The van der Waals surface area contributed by atoms with E-state index in [2.05, 4.69) is 20.6 Å². The maximum absolute atomic E-state index is 12.3. The van der Waals surface area contributed by atoms with Crippen molar-refractivity contribution < 1.29 is 9.59 Å². The zero-order valence-corrected chi connectivity index (χ0v) is 17.3. The van der Waals surface area contributed by atoms with Gasteiger partial charge in [0.05, 0.1) is 12.1 Å². The molecule has 3 aromatic rings. The molecule has 0 bridgehead atoms. The monoisotopic (exact) mass is 408 g/mol. The van der Waals surface area contributed by atoms with E-state index in [-0.39, 0.29) is 24.3 Å². The molecule has 1 unspecified atom stereocenters. The highest BCUT2D eigenvalue weighted by atomic mass is 32.1. The van der Waals surface area contributed by atoms with Gasteiger partial charge in [0.1, 0.15) is 5.01 Å². The van der Waals surface area contributed by atoms with Gasteiger partial charge < -0.3 is 10.6 Å². The van der Waals surface area contributed by atoms with Crippen molar-refractivity contribution in [2.24, 2.45) is 0 Å². The normalized spacial score (nSPS) is 11.7. The van der Waals surface area contributed by atoms with Gasteiger partial charge in [-0.05, 0) is 43.2 Å². The summed E-state index contributed by atoms with van der Waals surface area (Å²) in [7, 11) is 0. The molecule has 6 nitrogen and oxygen atoms in total. The topological polar surface area (TPSA) is 84.0 Å². The van der Waals surface area contributed by atoms with Gasteiger partial charge in [-0.2, -0.15) is 0 Å². The summed E-state index contributed by atoms with van der Waals surface area (Å²) >= 11 is 1.50. The molecule has 0 aliphatic rings. The first-order chi connectivity index (χ1) is 14.0. The smallest absolute Gasteiger partial charge is 0.251 e. The van der Waals surface area contributed by atoms with E-state index in [0.29, 0.717) is 12.1 Å². The summed E-state index contributed by atoms with van der Waals surface area (Å²) in [5.74, 6) is -0.208. The van der Waals surface area contributed by atoms with E-state index < -0.39 is 0 Å². The summed E-state index contributed by atoms with van der Waals surface area (Å²) in [6.45, 7) is 4.36. The second kappa shape index (κ2) is 9.93. The first kappa shape index (κ1) is 20.7. The Hall–Kier alpha value is -3.06. The van der Waals surface area contributed by atoms with Gasteiger partial charge >= 0.3 is 0 Å². The van der Waals surface area contributed by atoms with E-state index >= 15 is 0 Å². The van der Waals surface area contributed by atoms with Crippen molar-refractivity contribution in [2.45, 2.75) is 39.3 Å². The van der Waals surface area contributed by atoms with Crippen LogP contribution in [-0.2, 0) is 17.8 Å². The van der Waals surface area contributed by atoms with Gasteiger partial charge in [-0.1, -0.05) is 19.1 Å². The molecule has 3 rings (SSSR count). The predicted molar refractivity (Wildman–Crippen MR) is 115 cm³/mol. The van der Waals surface area contributed by atoms with Gasteiger partial charge in [-0.3, -0.25) is 14.6 Å². The average molecular weight is 409 g/mol. The van der Waals surface area contributed by atoms with E-state index in [9.17, 15) is 9.59 Å². The fourth-order valence-electron chi connectivity index (χ4n) is 2.67. The van der Waals surface area contributed by atoms with Crippen LogP contribution < -0.4 is 10.6 Å². The number of pyridine rings is 1. The number of benzene rings is 1. The molecule has 0 saturated carbocycles. The molecule has 0 spiro atoms. The Morgan fingerprint density at radius 1 is 1.21 bits per heavy atom. The number of aromatic nitrogens is 2. The fraction of sp³-hybridized carbons (Fsp3) is 0.273. The Kier molecular flexibility index (Phi) is 7.08. The minimum atomic E-state index is -0.109. The lowest BCUT2D eigenvalue weighted by molar-refractivity contribution is -0.120. The Morgan fingerprint density at radius 3 is 2.83 bits per heavy atom. The molecule has 0 aliphatic carbocycles. The maximum Gasteiger partial charge on any atom is 0.251 e. The maximum atomic E-state index is 12.3. The van der Waals surface area contributed by atoms with E-state index in [0.717, 1.165) is 28.2 Å². The number of hydrogen-bond donors (Lipinski definition) is 2. The van der Waals surface area contributed by atoms with Crippen molar-refractivity contribution in [2.75, 3.05) is 0 Å². The van der Waals surface area contributed by atoms with Crippen LogP contribution in [0.5, 0.6) is 0 Å². The summed E-state index contributed by atoms with van der Waals surface area (Å²) in [6, 6.07) is 11.2. The van der Waals surface area contributed by atoms with Crippen molar-refractivity contribution in [1.82, 2.24) is 20.6 Å². The number of rotatable bonds is 8. The van der Waals surface area contributed by atoms with Gasteiger partial charge in [-0.15, -0.1) is 11.3 Å². The van der Waals surface area contributed by atoms with Crippen LogP contribution in [0.2, 0.25) is 0 Å². The summed E-state index contributed by atoms with van der Waals surface area (Å²) in [6.07, 6.45) is 4.56. The van der Waals surface area contributed by atoms with Crippen LogP contribution in [-0.4, -0.2) is 27.8 Å². The lowest BCUT2D eigenvalue weighted by atomic mass is 10.1. The zero-order chi connectivity index (χ0) is 20.6. The van der Waals surface area contributed by atoms with Crippen LogP contribution in [0.25, 0.3) is 10.6 Å². The lowest BCUT2D eigenvalue weighted by Gasteiger charge is -2.12. The zero-order valence-electron chi connectivity index (χ0n) is 16.5. The molecular formula is C22H24N4O2S. The Morgan fingerprint density at radius 2 is 2.07 bits per heavy atom. The van der Waals surface area contributed by atoms with Gasteiger partial charge in [0.15, 0.2) is 0 Å². The third-order valence-corrected chi connectivity index (χ3v) is 5.41. The second-order valence-corrected chi connectivity index (χ2v) is 7.68.